The van der Waals surface area contributed by atoms with Crippen LogP contribution in [0.15, 0.2) is 0 Å². The second-order valence-electron chi connectivity index (χ2n) is 12.4. The normalized spacial score (nSPS) is 34.4. The van der Waals surface area contributed by atoms with Crippen molar-refractivity contribution in [2.75, 3.05) is 13.2 Å². The molecule has 0 aliphatic carbocycles. The Bertz CT molecular complexity index is 810. The van der Waals surface area contributed by atoms with Crippen molar-refractivity contribution in [3.8, 4) is 0 Å². The van der Waals surface area contributed by atoms with Crippen LogP contribution in [-0.4, -0.2) is 68.0 Å². The molecule has 7 nitrogen and oxygen atoms in total. The highest BCUT2D eigenvalue weighted by atomic mass is 32.2. The van der Waals surface area contributed by atoms with Crippen LogP contribution in [0.3, 0.4) is 0 Å². The Labute approximate surface area is 203 Å². The smallest absolute Gasteiger partial charge is 0.244 e. The average Bonchev–Trinajstić information content (AvgIpc) is 3.24. The summed E-state index contributed by atoms with van der Waals surface area (Å²) in [5.74, 6) is -1.44. The quantitative estimate of drug-likeness (QED) is 0.495. The van der Waals surface area contributed by atoms with Gasteiger partial charge in [-0.15, -0.1) is 11.8 Å². The number of fused-ring (bicyclic) bond motifs is 1. The highest BCUT2D eigenvalue weighted by molar-refractivity contribution is 8.02. The number of likely N-dealkylation sites (tertiary alicyclic amines) is 1. The molecule has 0 radical (unpaired) electrons. The van der Waals surface area contributed by atoms with Gasteiger partial charge in [-0.25, -0.2) is 0 Å². The fraction of sp³-hybridized carbons (Fsp3) is 0.880. The SMILES string of the molecule is CCCNC(=O)[C@H]1[C@H]2C(=O)N([C@H](C)CO)C(C(=O)NC(C)(C)CC(C)(C)C)C23CC[C@]1(C)S3. The predicted molar refractivity (Wildman–Crippen MR) is 132 cm³/mol. The lowest BCUT2D eigenvalue weighted by Gasteiger charge is -2.40. The van der Waals surface area contributed by atoms with Crippen LogP contribution in [0.4, 0.5) is 0 Å². The Hall–Kier alpha value is -1.28. The van der Waals surface area contributed by atoms with Crippen molar-refractivity contribution >= 4 is 29.5 Å². The molecule has 0 aromatic heterocycles. The van der Waals surface area contributed by atoms with Crippen LogP contribution in [-0.2, 0) is 14.4 Å². The number of nitrogens with one attached hydrogen (secondary N) is 2. The first kappa shape index (κ1) is 26.3. The van der Waals surface area contributed by atoms with Crippen molar-refractivity contribution in [1.82, 2.24) is 15.5 Å². The highest BCUT2D eigenvalue weighted by Crippen LogP contribution is 2.71. The van der Waals surface area contributed by atoms with Gasteiger partial charge in [0.05, 0.1) is 29.2 Å². The number of carbonyl (C=O) groups excluding carboxylic acids is 3. The summed E-state index contributed by atoms with van der Waals surface area (Å²) in [6, 6.07) is -1.20. The van der Waals surface area contributed by atoms with Crippen LogP contribution in [0, 0.1) is 17.3 Å². The molecule has 3 aliphatic rings. The number of amides is 3. The van der Waals surface area contributed by atoms with Gasteiger partial charge < -0.3 is 20.6 Å². The second-order valence-corrected chi connectivity index (χ2v) is 14.3. The number of thioether (sulfide) groups is 1. The summed E-state index contributed by atoms with van der Waals surface area (Å²) in [4.78, 5) is 42.6. The van der Waals surface area contributed by atoms with Gasteiger partial charge in [0, 0.05) is 16.8 Å². The molecule has 0 saturated carbocycles. The van der Waals surface area contributed by atoms with Gasteiger partial charge in [-0.2, -0.15) is 0 Å². The number of carbonyl (C=O) groups is 3. The van der Waals surface area contributed by atoms with E-state index in [1.165, 1.54) is 0 Å². The van der Waals surface area contributed by atoms with Crippen molar-refractivity contribution in [3.05, 3.63) is 0 Å². The van der Waals surface area contributed by atoms with E-state index in [1.807, 2.05) is 20.8 Å². The number of hydrogen-bond donors (Lipinski definition) is 3. The monoisotopic (exact) mass is 481 g/mol. The summed E-state index contributed by atoms with van der Waals surface area (Å²) in [7, 11) is 0. The van der Waals surface area contributed by atoms with E-state index < -0.39 is 34.2 Å². The molecule has 3 amide bonds. The topological polar surface area (TPSA) is 98.7 Å². The third-order valence-electron chi connectivity index (χ3n) is 7.47. The molecule has 188 valence electrons. The number of hydrogen-bond acceptors (Lipinski definition) is 5. The maximum Gasteiger partial charge on any atom is 0.244 e. The molecular formula is C25H43N3O4S. The number of rotatable bonds is 8. The largest absolute Gasteiger partial charge is 0.394 e. The van der Waals surface area contributed by atoms with Crippen LogP contribution in [0.1, 0.15) is 81.1 Å². The van der Waals surface area contributed by atoms with E-state index in [9.17, 15) is 19.5 Å². The molecule has 3 aliphatic heterocycles. The van der Waals surface area contributed by atoms with Gasteiger partial charge in [-0.1, -0.05) is 27.7 Å². The fourth-order valence-electron chi connectivity index (χ4n) is 6.76. The Balaban J connectivity index is 2.00. The first-order valence-corrected chi connectivity index (χ1v) is 13.2. The van der Waals surface area contributed by atoms with E-state index in [0.717, 1.165) is 19.3 Å². The lowest BCUT2D eigenvalue weighted by Crippen LogP contribution is -2.59. The lowest BCUT2D eigenvalue weighted by atomic mass is 9.66. The van der Waals surface area contributed by atoms with Crippen LogP contribution < -0.4 is 10.6 Å². The van der Waals surface area contributed by atoms with Gasteiger partial charge in [-0.3, -0.25) is 14.4 Å². The molecule has 3 N–H and O–H groups in total. The highest BCUT2D eigenvalue weighted by Gasteiger charge is 2.77. The maximum atomic E-state index is 13.9. The zero-order valence-corrected chi connectivity index (χ0v) is 22.4. The van der Waals surface area contributed by atoms with E-state index in [1.54, 1.807) is 23.6 Å². The molecule has 0 aromatic carbocycles. The number of nitrogens with zero attached hydrogens (tertiary/aromatic N) is 1. The van der Waals surface area contributed by atoms with Crippen molar-refractivity contribution in [2.45, 2.75) is 108 Å². The van der Waals surface area contributed by atoms with Gasteiger partial charge in [0.2, 0.25) is 17.7 Å². The van der Waals surface area contributed by atoms with Crippen LogP contribution in [0.2, 0.25) is 0 Å². The van der Waals surface area contributed by atoms with Gasteiger partial charge in [0.1, 0.15) is 6.04 Å². The Morgan fingerprint density at radius 3 is 2.39 bits per heavy atom. The van der Waals surface area contributed by atoms with Gasteiger partial charge in [0.25, 0.3) is 0 Å². The fourth-order valence-corrected chi connectivity index (χ4v) is 9.10. The molecule has 2 bridgehead atoms. The minimum atomic E-state index is -0.702. The third-order valence-corrected chi connectivity index (χ3v) is 9.45. The van der Waals surface area contributed by atoms with Crippen LogP contribution in [0.25, 0.3) is 0 Å². The first-order chi connectivity index (χ1) is 15.1. The zero-order chi connectivity index (χ0) is 25.0. The molecule has 3 heterocycles. The van der Waals surface area contributed by atoms with Crippen molar-refractivity contribution < 1.29 is 19.5 Å². The molecule has 8 heteroatoms. The maximum absolute atomic E-state index is 13.9. The van der Waals surface area contributed by atoms with Crippen LogP contribution >= 0.6 is 11.8 Å². The minimum absolute atomic E-state index is 0.0255. The van der Waals surface area contributed by atoms with E-state index >= 15 is 0 Å². The summed E-state index contributed by atoms with van der Waals surface area (Å²) in [6.45, 7) is 16.7. The second kappa shape index (κ2) is 8.74. The molecule has 33 heavy (non-hydrogen) atoms. The average molecular weight is 482 g/mol. The molecule has 0 aromatic rings. The van der Waals surface area contributed by atoms with E-state index in [0.29, 0.717) is 13.0 Å². The molecule has 2 unspecified atom stereocenters. The summed E-state index contributed by atoms with van der Waals surface area (Å²) in [5.41, 5.74) is -0.429. The number of aliphatic hydroxyl groups is 1. The van der Waals surface area contributed by atoms with E-state index in [2.05, 4.69) is 38.3 Å². The first-order valence-electron chi connectivity index (χ1n) is 12.4. The Morgan fingerprint density at radius 2 is 1.85 bits per heavy atom. The standard InChI is InChI=1S/C25H43N3O4S/c1-9-12-26-19(30)16-17-21(32)28(15(2)13-29)18(25(17)11-10-24(16,8)33-25)20(31)27-23(6,7)14-22(3,4)5/h15-18,29H,9-14H2,1-8H3,(H,26,30)(H,27,31)/t15-,16-,17+,18?,24+,25?/m1/s1. The van der Waals surface area contributed by atoms with Crippen LogP contribution in [0.5, 0.6) is 0 Å². The summed E-state index contributed by atoms with van der Waals surface area (Å²) in [6.07, 6.45) is 3.12. The minimum Gasteiger partial charge on any atom is -0.394 e. The van der Waals surface area contributed by atoms with Crippen molar-refractivity contribution in [3.63, 3.8) is 0 Å². The molecular weight excluding hydrogens is 438 g/mol. The number of aliphatic hydroxyl groups excluding tert-OH is 1. The molecule has 1 spiro atoms. The lowest BCUT2D eigenvalue weighted by molar-refractivity contribution is -0.143. The zero-order valence-electron chi connectivity index (χ0n) is 21.6. The summed E-state index contributed by atoms with van der Waals surface area (Å²) < 4.78 is -1.02. The van der Waals surface area contributed by atoms with Gasteiger partial charge in [0.15, 0.2) is 0 Å². The molecule has 3 rings (SSSR count). The molecule has 3 fully saturated rings. The predicted octanol–water partition coefficient (Wildman–Crippen LogP) is 2.71. The molecule has 3 saturated heterocycles. The van der Waals surface area contributed by atoms with Crippen molar-refractivity contribution in [2.24, 2.45) is 17.3 Å². The molecule has 6 atom stereocenters. The van der Waals surface area contributed by atoms with E-state index in [-0.39, 0.29) is 34.5 Å². The van der Waals surface area contributed by atoms with Gasteiger partial charge >= 0.3 is 0 Å². The van der Waals surface area contributed by atoms with E-state index in [4.69, 9.17) is 0 Å². The van der Waals surface area contributed by atoms with Gasteiger partial charge in [-0.05, 0) is 58.8 Å². The van der Waals surface area contributed by atoms with Crippen molar-refractivity contribution in [1.29, 1.82) is 0 Å². The Morgan fingerprint density at radius 1 is 1.21 bits per heavy atom. The third kappa shape index (κ3) is 4.54. The Kier molecular flexibility index (Phi) is 6.97. The summed E-state index contributed by atoms with van der Waals surface area (Å²) >= 11 is 1.67. The summed E-state index contributed by atoms with van der Waals surface area (Å²) in [5, 5.41) is 16.2.